The third kappa shape index (κ3) is 3.23. The van der Waals surface area contributed by atoms with Gasteiger partial charge in [-0.05, 0) is 42.9 Å². The minimum Gasteiger partial charge on any atom is -0.0845 e. The molecule has 0 N–H and O–H groups in total. The largest absolute Gasteiger partial charge is 0.0845 e. The van der Waals surface area contributed by atoms with Crippen molar-refractivity contribution in [3.63, 3.8) is 0 Å². The molecule has 0 saturated heterocycles. The molecule has 2 aliphatic rings. The number of allylic oxidation sites excluding steroid dienone is 12. The first-order chi connectivity index (χ1) is 7.97. The lowest BCUT2D eigenvalue weighted by Crippen LogP contribution is -1.91. The van der Waals surface area contributed by atoms with Gasteiger partial charge in [0.05, 0.1) is 0 Å². The van der Waals surface area contributed by atoms with E-state index in [-0.39, 0.29) is 0 Å². The van der Waals surface area contributed by atoms with Crippen LogP contribution in [0.3, 0.4) is 0 Å². The molecule has 0 nitrogen and oxygen atoms in total. The second-order valence-electron chi connectivity index (χ2n) is 4.03. The molecule has 0 unspecified atom stereocenters. The van der Waals surface area contributed by atoms with Crippen LogP contribution in [0.15, 0.2) is 65.8 Å². The summed E-state index contributed by atoms with van der Waals surface area (Å²) in [7, 11) is 0. The molecule has 0 aromatic rings. The maximum absolute atomic E-state index is 3.34. The molecule has 16 heavy (non-hydrogen) atoms. The Balaban J connectivity index is 2.21. The average molecular weight is 209 g/mol. The normalized spacial score (nSPS) is 35.0. The highest BCUT2D eigenvalue weighted by molar-refractivity contribution is 5.43. The van der Waals surface area contributed by atoms with Crippen molar-refractivity contribution in [2.75, 3.05) is 0 Å². The minimum atomic E-state index is 1.16. The summed E-state index contributed by atoms with van der Waals surface area (Å²) in [6, 6.07) is 0. The van der Waals surface area contributed by atoms with Crippen molar-refractivity contribution in [3.8, 4) is 0 Å². The Bertz CT molecular complexity index is 398. The van der Waals surface area contributed by atoms with Crippen LogP contribution in [0.4, 0.5) is 0 Å². The molecule has 0 heteroatoms. The zero-order valence-corrected chi connectivity index (χ0v) is 9.52. The quantitative estimate of drug-likeness (QED) is 0.598. The van der Waals surface area contributed by atoms with Gasteiger partial charge in [-0.25, -0.2) is 0 Å². The minimum absolute atomic E-state index is 1.16. The van der Waals surface area contributed by atoms with Gasteiger partial charge < -0.3 is 0 Å². The number of rotatable bonds is 1. The molecule has 2 rings (SSSR count). The molecule has 1 radical (unpaired) electrons. The van der Waals surface area contributed by atoms with Crippen LogP contribution in [0.1, 0.15) is 25.7 Å². The van der Waals surface area contributed by atoms with Gasteiger partial charge >= 0.3 is 0 Å². The predicted molar refractivity (Wildman–Crippen MR) is 69.9 cm³/mol. The van der Waals surface area contributed by atoms with E-state index in [1.54, 1.807) is 0 Å². The predicted octanol–water partition coefficient (Wildman–Crippen LogP) is 4.45. The SMILES string of the molecule is [C]1=C(/C2=C\C=C/CCCC2)\C=C/C=C\C=C/1. The highest BCUT2D eigenvalue weighted by Gasteiger charge is 2.03. The molecule has 0 spiro atoms. The topological polar surface area (TPSA) is 0 Å². The van der Waals surface area contributed by atoms with E-state index >= 15 is 0 Å². The molecule has 0 aliphatic heterocycles. The van der Waals surface area contributed by atoms with Gasteiger partial charge in [0.1, 0.15) is 0 Å². The molecule has 0 atom stereocenters. The van der Waals surface area contributed by atoms with Crippen LogP contribution >= 0.6 is 0 Å². The lowest BCUT2D eigenvalue weighted by Gasteiger charge is -2.09. The summed E-state index contributed by atoms with van der Waals surface area (Å²) < 4.78 is 0. The number of hydrogen-bond donors (Lipinski definition) is 0. The third-order valence-electron chi connectivity index (χ3n) is 2.78. The molecule has 0 amide bonds. The van der Waals surface area contributed by atoms with Crippen LogP contribution in [-0.2, 0) is 0 Å². The zero-order chi connectivity index (χ0) is 11.1. The first-order valence-electron chi connectivity index (χ1n) is 5.96. The van der Waals surface area contributed by atoms with Gasteiger partial charge in [-0.15, -0.1) is 0 Å². The van der Waals surface area contributed by atoms with Crippen molar-refractivity contribution in [2.45, 2.75) is 25.7 Å². The van der Waals surface area contributed by atoms with Crippen molar-refractivity contribution in [2.24, 2.45) is 0 Å². The second-order valence-corrected chi connectivity index (χ2v) is 4.03. The van der Waals surface area contributed by atoms with Gasteiger partial charge in [0.2, 0.25) is 0 Å². The Morgan fingerprint density at radius 2 is 1.88 bits per heavy atom. The fourth-order valence-corrected chi connectivity index (χ4v) is 1.89. The van der Waals surface area contributed by atoms with E-state index in [1.165, 1.54) is 30.4 Å². The molecule has 2 aliphatic carbocycles. The van der Waals surface area contributed by atoms with Gasteiger partial charge in [-0.2, -0.15) is 0 Å². The van der Waals surface area contributed by atoms with E-state index in [4.69, 9.17) is 0 Å². The molecule has 0 aromatic carbocycles. The van der Waals surface area contributed by atoms with E-state index in [0.717, 1.165) is 6.42 Å². The van der Waals surface area contributed by atoms with Crippen LogP contribution in [0.2, 0.25) is 0 Å². The molecule has 0 heterocycles. The summed E-state index contributed by atoms with van der Waals surface area (Å²) in [4.78, 5) is 0. The Hall–Kier alpha value is -1.56. The van der Waals surface area contributed by atoms with Gasteiger partial charge in [0, 0.05) is 0 Å². The van der Waals surface area contributed by atoms with Crippen molar-refractivity contribution in [1.82, 2.24) is 0 Å². The smallest absolute Gasteiger partial charge is 0.0103 e. The Morgan fingerprint density at radius 3 is 2.88 bits per heavy atom. The van der Waals surface area contributed by atoms with E-state index < -0.39 is 0 Å². The van der Waals surface area contributed by atoms with Gasteiger partial charge in [0.25, 0.3) is 0 Å². The molecular weight excluding hydrogens is 192 g/mol. The maximum atomic E-state index is 3.34. The fraction of sp³-hybridized carbons (Fsp3) is 0.250. The summed E-state index contributed by atoms with van der Waals surface area (Å²) in [6.07, 6.45) is 27.2. The Labute approximate surface area is 98.1 Å². The van der Waals surface area contributed by atoms with E-state index in [9.17, 15) is 0 Å². The third-order valence-corrected chi connectivity index (χ3v) is 2.78. The monoisotopic (exact) mass is 209 g/mol. The molecule has 0 fully saturated rings. The van der Waals surface area contributed by atoms with Crippen LogP contribution in [0, 0.1) is 6.08 Å². The first kappa shape index (κ1) is 10.9. The molecule has 81 valence electrons. The van der Waals surface area contributed by atoms with Crippen LogP contribution < -0.4 is 0 Å². The summed E-state index contributed by atoms with van der Waals surface area (Å²) in [5.41, 5.74) is 2.61. The molecule has 0 aromatic heterocycles. The average Bonchev–Trinajstić information content (AvgIpc) is 2.18. The summed E-state index contributed by atoms with van der Waals surface area (Å²) in [5, 5.41) is 0. The summed E-state index contributed by atoms with van der Waals surface area (Å²) in [5.74, 6) is 0. The highest BCUT2D eigenvalue weighted by Crippen LogP contribution is 2.21. The van der Waals surface area contributed by atoms with Crippen LogP contribution in [-0.4, -0.2) is 0 Å². The Kier molecular flexibility index (Phi) is 4.18. The molecular formula is C16H17. The van der Waals surface area contributed by atoms with Crippen molar-refractivity contribution in [3.05, 3.63) is 71.9 Å². The van der Waals surface area contributed by atoms with Crippen LogP contribution in [0.25, 0.3) is 0 Å². The highest BCUT2D eigenvalue weighted by atomic mass is 14.1. The standard InChI is InChI=1S/C16H17/c1-3-7-11-15(12-8-4-1)16-13-9-5-2-6-10-14-16/h1,3-5,7-9,11,13H,2,6,10,14H2/b3-1-,4-1?,7-3?,8-4-,9-5-,11-7-,12-8?,15-11?,15-12?,16-13-. The van der Waals surface area contributed by atoms with E-state index in [0.29, 0.717) is 0 Å². The summed E-state index contributed by atoms with van der Waals surface area (Å²) >= 11 is 0. The summed E-state index contributed by atoms with van der Waals surface area (Å²) in [6.45, 7) is 0. The van der Waals surface area contributed by atoms with E-state index in [1.807, 2.05) is 18.2 Å². The number of hydrogen-bond acceptors (Lipinski definition) is 0. The van der Waals surface area contributed by atoms with Crippen molar-refractivity contribution in [1.29, 1.82) is 0 Å². The lowest BCUT2D eigenvalue weighted by molar-refractivity contribution is 0.742. The van der Waals surface area contributed by atoms with Crippen LogP contribution in [0.5, 0.6) is 0 Å². The van der Waals surface area contributed by atoms with Crippen molar-refractivity contribution >= 4 is 0 Å². The van der Waals surface area contributed by atoms with Crippen molar-refractivity contribution < 1.29 is 0 Å². The molecule has 0 saturated carbocycles. The van der Waals surface area contributed by atoms with E-state index in [2.05, 4.69) is 42.5 Å². The van der Waals surface area contributed by atoms with Gasteiger partial charge in [-0.3, -0.25) is 0 Å². The fourth-order valence-electron chi connectivity index (χ4n) is 1.89. The molecule has 0 bridgehead atoms. The Morgan fingerprint density at radius 1 is 0.938 bits per heavy atom. The zero-order valence-electron chi connectivity index (χ0n) is 9.52. The van der Waals surface area contributed by atoms with Gasteiger partial charge in [0.15, 0.2) is 0 Å². The first-order valence-corrected chi connectivity index (χ1v) is 5.96. The second kappa shape index (κ2) is 6.12. The maximum Gasteiger partial charge on any atom is -0.0103 e. The van der Waals surface area contributed by atoms with Gasteiger partial charge in [-0.1, -0.05) is 54.7 Å². The lowest BCUT2D eigenvalue weighted by atomic mass is 9.96.